The second-order valence-electron chi connectivity index (χ2n) is 6.97. The highest BCUT2D eigenvalue weighted by molar-refractivity contribution is 5.93. The third-order valence-corrected chi connectivity index (χ3v) is 4.83. The van der Waals surface area contributed by atoms with E-state index in [2.05, 4.69) is 15.2 Å². The monoisotopic (exact) mass is 357 g/mol. The number of likely N-dealkylation sites (tertiary alicyclic amines) is 1. The van der Waals surface area contributed by atoms with Crippen LogP contribution < -0.4 is 0 Å². The van der Waals surface area contributed by atoms with Crippen molar-refractivity contribution in [3.05, 3.63) is 53.0 Å². The lowest BCUT2D eigenvalue weighted by atomic mass is 10.0. The summed E-state index contributed by atoms with van der Waals surface area (Å²) < 4.78 is 15.9. The summed E-state index contributed by atoms with van der Waals surface area (Å²) in [5, 5.41) is 17.4. The Balaban J connectivity index is 1.54. The first-order valence-corrected chi connectivity index (χ1v) is 8.55. The van der Waals surface area contributed by atoms with E-state index in [4.69, 9.17) is 0 Å². The number of carbonyl (C=O) groups is 1. The zero-order chi connectivity index (χ0) is 18.4. The van der Waals surface area contributed by atoms with Crippen molar-refractivity contribution < 1.29 is 14.3 Å². The smallest absolute Gasteiger partial charge is 0.277 e. The average molecular weight is 357 g/mol. The Morgan fingerprint density at radius 1 is 1.38 bits per heavy atom. The summed E-state index contributed by atoms with van der Waals surface area (Å²) in [6, 6.07) is 5.41. The van der Waals surface area contributed by atoms with Crippen LogP contribution in [0.25, 0.3) is 5.65 Å². The molecule has 136 valence electrons. The molecular weight excluding hydrogens is 337 g/mol. The Bertz CT molecular complexity index is 979. The zero-order valence-electron chi connectivity index (χ0n) is 14.6. The molecule has 8 heteroatoms. The third-order valence-electron chi connectivity index (χ3n) is 4.83. The molecular formula is C18H20FN5O2. The van der Waals surface area contributed by atoms with Gasteiger partial charge < -0.3 is 10.0 Å². The van der Waals surface area contributed by atoms with Gasteiger partial charge >= 0.3 is 0 Å². The molecule has 2 atom stereocenters. The quantitative estimate of drug-likeness (QED) is 0.744. The Morgan fingerprint density at radius 2 is 2.19 bits per heavy atom. The van der Waals surface area contributed by atoms with Crippen molar-refractivity contribution in [2.45, 2.75) is 26.4 Å². The summed E-state index contributed by atoms with van der Waals surface area (Å²) in [6.07, 6.45) is 1.50. The first-order valence-electron chi connectivity index (χ1n) is 8.55. The van der Waals surface area contributed by atoms with Gasteiger partial charge in [0.05, 0.1) is 11.8 Å². The third kappa shape index (κ3) is 2.86. The SMILES string of the molecule is Cc1ccc2nc(C(=O)N3C[C@@H](Cc4cc(C)[nH]n4)[C@H](O)C3)c(F)n2c1. The molecule has 1 saturated heterocycles. The number of nitrogens with one attached hydrogen (secondary N) is 1. The lowest BCUT2D eigenvalue weighted by molar-refractivity contribution is 0.0754. The van der Waals surface area contributed by atoms with Crippen molar-refractivity contribution in [3.63, 3.8) is 0 Å². The van der Waals surface area contributed by atoms with Gasteiger partial charge in [0, 0.05) is 30.9 Å². The minimum atomic E-state index is -0.672. The number of amides is 1. The van der Waals surface area contributed by atoms with E-state index in [1.165, 1.54) is 9.30 Å². The van der Waals surface area contributed by atoms with E-state index in [1.807, 2.05) is 26.0 Å². The van der Waals surface area contributed by atoms with Gasteiger partial charge in [-0.05, 0) is 38.0 Å². The first-order chi connectivity index (χ1) is 12.4. The Labute approximate surface area is 149 Å². The number of β-amino-alcohol motifs (C(OH)–C–C–N with tert-alkyl or cyclic N) is 1. The topological polar surface area (TPSA) is 86.5 Å². The van der Waals surface area contributed by atoms with Crippen LogP contribution in [0.1, 0.15) is 27.4 Å². The molecule has 0 spiro atoms. The van der Waals surface area contributed by atoms with Crippen LogP contribution in [0.15, 0.2) is 24.4 Å². The fourth-order valence-electron chi connectivity index (χ4n) is 3.48. The summed E-state index contributed by atoms with van der Waals surface area (Å²) in [5.41, 5.74) is 2.84. The number of H-pyrrole nitrogens is 1. The van der Waals surface area contributed by atoms with Crippen molar-refractivity contribution in [1.82, 2.24) is 24.5 Å². The number of hydrogen-bond acceptors (Lipinski definition) is 4. The molecule has 0 aliphatic carbocycles. The van der Waals surface area contributed by atoms with E-state index >= 15 is 0 Å². The number of nitrogens with zero attached hydrogens (tertiary/aromatic N) is 4. The molecule has 0 unspecified atom stereocenters. The molecule has 0 bridgehead atoms. The molecule has 1 aliphatic heterocycles. The van der Waals surface area contributed by atoms with Crippen molar-refractivity contribution in [2.24, 2.45) is 5.92 Å². The number of aromatic amines is 1. The maximum atomic E-state index is 14.6. The molecule has 26 heavy (non-hydrogen) atoms. The number of halogens is 1. The lowest BCUT2D eigenvalue weighted by Crippen LogP contribution is -2.30. The fraction of sp³-hybridized carbons (Fsp3) is 0.389. The molecule has 4 rings (SSSR count). The van der Waals surface area contributed by atoms with E-state index in [1.54, 1.807) is 12.3 Å². The van der Waals surface area contributed by atoms with E-state index < -0.39 is 18.0 Å². The van der Waals surface area contributed by atoms with Crippen LogP contribution in [0.3, 0.4) is 0 Å². The van der Waals surface area contributed by atoms with Gasteiger partial charge in [0.1, 0.15) is 5.65 Å². The van der Waals surface area contributed by atoms with E-state index in [0.717, 1.165) is 17.0 Å². The molecule has 0 aromatic carbocycles. The highest BCUT2D eigenvalue weighted by Gasteiger charge is 2.36. The normalized spacial score (nSPS) is 20.2. The number of rotatable bonds is 3. The summed E-state index contributed by atoms with van der Waals surface area (Å²) in [4.78, 5) is 18.3. The molecule has 3 aromatic heterocycles. The van der Waals surface area contributed by atoms with Gasteiger partial charge in [-0.3, -0.25) is 14.3 Å². The number of carbonyl (C=O) groups excluding carboxylic acids is 1. The lowest BCUT2D eigenvalue weighted by Gasteiger charge is -2.14. The number of aliphatic hydroxyl groups excluding tert-OH is 1. The molecule has 0 radical (unpaired) electrons. The number of aromatic nitrogens is 4. The van der Waals surface area contributed by atoms with Gasteiger partial charge in [-0.25, -0.2) is 4.98 Å². The van der Waals surface area contributed by atoms with E-state index in [-0.39, 0.29) is 18.2 Å². The van der Waals surface area contributed by atoms with Crippen LogP contribution in [0.5, 0.6) is 0 Å². The second-order valence-corrected chi connectivity index (χ2v) is 6.97. The molecule has 4 heterocycles. The maximum Gasteiger partial charge on any atom is 0.277 e. The van der Waals surface area contributed by atoms with Crippen molar-refractivity contribution >= 4 is 11.6 Å². The van der Waals surface area contributed by atoms with Crippen LogP contribution in [0, 0.1) is 25.7 Å². The van der Waals surface area contributed by atoms with Crippen LogP contribution in [0.4, 0.5) is 4.39 Å². The van der Waals surface area contributed by atoms with Gasteiger partial charge in [-0.2, -0.15) is 9.49 Å². The molecule has 2 N–H and O–H groups in total. The number of pyridine rings is 1. The molecule has 7 nitrogen and oxygen atoms in total. The van der Waals surface area contributed by atoms with Gasteiger partial charge in [-0.15, -0.1) is 0 Å². The molecule has 1 aliphatic rings. The van der Waals surface area contributed by atoms with Gasteiger partial charge in [0.2, 0.25) is 5.95 Å². The average Bonchev–Trinajstić information content (AvgIpc) is 3.27. The summed E-state index contributed by atoms with van der Waals surface area (Å²) >= 11 is 0. The molecule has 1 fully saturated rings. The molecule has 3 aromatic rings. The van der Waals surface area contributed by atoms with Crippen molar-refractivity contribution in [2.75, 3.05) is 13.1 Å². The highest BCUT2D eigenvalue weighted by Crippen LogP contribution is 2.24. The minimum absolute atomic E-state index is 0.135. The van der Waals surface area contributed by atoms with Crippen molar-refractivity contribution in [3.8, 4) is 0 Å². The van der Waals surface area contributed by atoms with E-state index in [9.17, 15) is 14.3 Å². The first kappa shape index (κ1) is 16.7. The number of aryl methyl sites for hydroxylation is 2. The number of aliphatic hydroxyl groups is 1. The van der Waals surface area contributed by atoms with Crippen LogP contribution >= 0.6 is 0 Å². The predicted molar refractivity (Wildman–Crippen MR) is 92.3 cm³/mol. The fourth-order valence-corrected chi connectivity index (χ4v) is 3.48. The largest absolute Gasteiger partial charge is 0.391 e. The standard InChI is InChI=1S/C18H20FN5O2/c1-10-3-4-15-20-16(17(19)24(15)7-10)18(26)23-8-12(14(25)9-23)6-13-5-11(2)21-22-13/h3-5,7,12,14,25H,6,8-9H2,1-2H3,(H,21,22)/t12-,14-/m1/s1. The highest BCUT2D eigenvalue weighted by atomic mass is 19.1. The van der Waals surface area contributed by atoms with Gasteiger partial charge in [0.25, 0.3) is 5.91 Å². The van der Waals surface area contributed by atoms with Crippen LogP contribution in [0.2, 0.25) is 0 Å². The Kier molecular flexibility index (Phi) is 3.99. The van der Waals surface area contributed by atoms with Crippen LogP contribution in [-0.4, -0.2) is 54.7 Å². The van der Waals surface area contributed by atoms with Crippen molar-refractivity contribution in [1.29, 1.82) is 0 Å². The van der Waals surface area contributed by atoms with Crippen LogP contribution in [-0.2, 0) is 6.42 Å². The number of hydrogen-bond donors (Lipinski definition) is 2. The molecule has 1 amide bonds. The number of fused-ring (bicyclic) bond motifs is 1. The molecule has 0 saturated carbocycles. The maximum absolute atomic E-state index is 14.6. The van der Waals surface area contributed by atoms with E-state index in [0.29, 0.717) is 18.6 Å². The summed E-state index contributed by atoms with van der Waals surface area (Å²) in [5.74, 6) is -1.30. The summed E-state index contributed by atoms with van der Waals surface area (Å²) in [6.45, 7) is 4.27. The minimum Gasteiger partial charge on any atom is -0.391 e. The Morgan fingerprint density at radius 3 is 2.92 bits per heavy atom. The zero-order valence-corrected chi connectivity index (χ0v) is 14.6. The summed E-state index contributed by atoms with van der Waals surface area (Å²) in [7, 11) is 0. The number of imidazole rings is 1. The van der Waals surface area contributed by atoms with Gasteiger partial charge in [0.15, 0.2) is 5.69 Å². The predicted octanol–water partition coefficient (Wildman–Crippen LogP) is 1.49. The van der Waals surface area contributed by atoms with Gasteiger partial charge in [-0.1, -0.05) is 6.07 Å². The second kappa shape index (κ2) is 6.21. The Hall–Kier alpha value is -2.74.